The van der Waals surface area contributed by atoms with Crippen molar-refractivity contribution in [2.45, 2.75) is 32.9 Å². The van der Waals surface area contributed by atoms with Gasteiger partial charge >= 0.3 is 0 Å². The predicted molar refractivity (Wildman–Crippen MR) is 108 cm³/mol. The summed E-state index contributed by atoms with van der Waals surface area (Å²) in [6.07, 6.45) is 2.19. The molecule has 0 aromatic heterocycles. The Morgan fingerprint density at radius 2 is 1.85 bits per heavy atom. The van der Waals surface area contributed by atoms with Crippen LogP contribution in [0.2, 0.25) is 0 Å². The Morgan fingerprint density at radius 1 is 1.07 bits per heavy atom. The van der Waals surface area contributed by atoms with Gasteiger partial charge in [0, 0.05) is 23.9 Å². The highest BCUT2D eigenvalue weighted by Gasteiger charge is 2.26. The zero-order chi connectivity index (χ0) is 19.6. The first kappa shape index (κ1) is 19.3. The fraction of sp³-hybridized carbons (Fsp3) is 0.364. The van der Waals surface area contributed by atoms with E-state index in [-0.39, 0.29) is 18.9 Å². The lowest BCUT2D eigenvalue weighted by Gasteiger charge is -2.33. The molecule has 0 saturated heterocycles. The van der Waals surface area contributed by atoms with Crippen LogP contribution >= 0.6 is 0 Å². The monoisotopic (exact) mass is 369 g/mol. The number of nitrogens with one attached hydrogen (secondary N) is 1. The number of aliphatic hydroxyl groups excluding tert-OH is 1. The highest BCUT2D eigenvalue weighted by molar-refractivity contribution is 5.88. The average Bonchev–Trinajstić information content (AvgIpc) is 2.64. The summed E-state index contributed by atoms with van der Waals surface area (Å²) < 4.78 is 16.1. The molecule has 1 aliphatic rings. The normalized spacial score (nSPS) is 14.8. The van der Waals surface area contributed by atoms with Gasteiger partial charge in [0.05, 0.1) is 19.3 Å². The lowest BCUT2D eigenvalue weighted by molar-refractivity contribution is 0.0511. The van der Waals surface area contributed by atoms with Crippen LogP contribution in [0.3, 0.4) is 0 Å². The topological polar surface area (TPSA) is 60.0 Å². The highest BCUT2D eigenvalue weighted by atomic mass is 16.7. The number of allylic oxidation sites excluding steroid dienone is 1. The quantitative estimate of drug-likeness (QED) is 0.737. The van der Waals surface area contributed by atoms with Gasteiger partial charge in [-0.1, -0.05) is 12.1 Å². The molecule has 2 N–H and O–H groups in total. The van der Waals surface area contributed by atoms with Crippen molar-refractivity contribution in [1.82, 2.24) is 0 Å². The van der Waals surface area contributed by atoms with Crippen molar-refractivity contribution in [1.29, 1.82) is 0 Å². The molecular formula is C22H27NO4. The fourth-order valence-electron chi connectivity index (χ4n) is 3.73. The summed E-state index contributed by atoms with van der Waals surface area (Å²) in [5, 5.41) is 13.7. The Kier molecular flexibility index (Phi) is 5.44. The molecule has 3 rings (SSSR count). The zero-order valence-corrected chi connectivity index (χ0v) is 16.6. The van der Waals surface area contributed by atoms with Gasteiger partial charge in [-0.05, 0) is 61.7 Å². The van der Waals surface area contributed by atoms with E-state index >= 15 is 0 Å². The van der Waals surface area contributed by atoms with Gasteiger partial charge < -0.3 is 24.6 Å². The van der Waals surface area contributed by atoms with E-state index in [1.54, 1.807) is 14.2 Å². The third-order valence-corrected chi connectivity index (χ3v) is 4.70. The maximum absolute atomic E-state index is 10.2. The first-order chi connectivity index (χ1) is 12.9. The maximum atomic E-state index is 10.2. The molecule has 0 bridgehead atoms. The molecule has 0 unspecified atom stereocenters. The van der Waals surface area contributed by atoms with Gasteiger partial charge in [0.15, 0.2) is 6.79 Å². The summed E-state index contributed by atoms with van der Waals surface area (Å²) in [4.78, 5) is 0. The molecule has 0 saturated carbocycles. The minimum atomic E-state index is -0.128. The van der Waals surface area contributed by atoms with Gasteiger partial charge in [0.1, 0.15) is 11.5 Å². The zero-order valence-electron chi connectivity index (χ0n) is 16.6. The Labute approximate surface area is 160 Å². The predicted octanol–water partition coefficient (Wildman–Crippen LogP) is 4.44. The Morgan fingerprint density at radius 3 is 2.52 bits per heavy atom. The molecule has 5 nitrogen and oxygen atoms in total. The van der Waals surface area contributed by atoms with Gasteiger partial charge in [-0.25, -0.2) is 0 Å². The van der Waals surface area contributed by atoms with E-state index in [0.717, 1.165) is 39.3 Å². The molecule has 0 radical (unpaired) electrons. The third kappa shape index (κ3) is 3.80. The van der Waals surface area contributed by atoms with Gasteiger partial charge in [-0.2, -0.15) is 0 Å². The van der Waals surface area contributed by atoms with E-state index in [0.29, 0.717) is 5.75 Å². The number of rotatable bonds is 6. The second kappa shape index (κ2) is 7.62. The third-order valence-electron chi connectivity index (χ3n) is 4.70. The lowest BCUT2D eigenvalue weighted by atomic mass is 9.85. The lowest BCUT2D eigenvalue weighted by Crippen LogP contribution is -2.31. The van der Waals surface area contributed by atoms with E-state index in [1.807, 2.05) is 24.3 Å². The second-order valence-electron chi connectivity index (χ2n) is 7.26. The molecule has 144 valence electrons. The van der Waals surface area contributed by atoms with Crippen LogP contribution in [0.1, 0.15) is 31.9 Å². The minimum Gasteiger partial charge on any atom is -0.496 e. The fourth-order valence-corrected chi connectivity index (χ4v) is 3.73. The summed E-state index contributed by atoms with van der Waals surface area (Å²) >= 11 is 0. The molecule has 0 fully saturated rings. The molecule has 27 heavy (non-hydrogen) atoms. The van der Waals surface area contributed by atoms with Crippen molar-refractivity contribution in [2.24, 2.45) is 0 Å². The second-order valence-corrected chi connectivity index (χ2v) is 7.26. The number of benzene rings is 2. The van der Waals surface area contributed by atoms with E-state index in [1.165, 1.54) is 0 Å². The van der Waals surface area contributed by atoms with Crippen molar-refractivity contribution in [2.75, 3.05) is 26.3 Å². The van der Waals surface area contributed by atoms with Crippen LogP contribution in [0.15, 0.2) is 36.4 Å². The molecular weight excluding hydrogens is 342 g/mol. The summed E-state index contributed by atoms with van der Waals surface area (Å²) in [6, 6.07) is 9.70. The van der Waals surface area contributed by atoms with Crippen molar-refractivity contribution < 1.29 is 19.3 Å². The molecule has 1 heterocycles. The van der Waals surface area contributed by atoms with Crippen LogP contribution < -0.4 is 14.8 Å². The number of ether oxygens (including phenoxy) is 3. The number of hydrogen-bond donors (Lipinski definition) is 2. The van der Waals surface area contributed by atoms with Crippen LogP contribution in [-0.4, -0.2) is 31.7 Å². The van der Waals surface area contributed by atoms with E-state index in [4.69, 9.17) is 14.2 Å². The molecule has 2 aromatic carbocycles. The van der Waals surface area contributed by atoms with Gasteiger partial charge in [-0.15, -0.1) is 0 Å². The molecule has 1 aliphatic heterocycles. The molecule has 0 atom stereocenters. The largest absolute Gasteiger partial charge is 0.496 e. The number of hydrogen-bond acceptors (Lipinski definition) is 5. The van der Waals surface area contributed by atoms with Crippen molar-refractivity contribution >= 4 is 11.3 Å². The maximum Gasteiger partial charge on any atom is 0.188 e. The smallest absolute Gasteiger partial charge is 0.188 e. The van der Waals surface area contributed by atoms with Crippen LogP contribution in [0.25, 0.3) is 16.7 Å². The standard InChI is InChI=1S/C22H27NO4/c1-14-11-22(2,3)23-19-8-7-16(18(12-24)21(14)19)17-10-15(27-13-25-4)6-9-20(17)26-5/h6-11,23-24H,12-13H2,1-5H3. The highest BCUT2D eigenvalue weighted by Crippen LogP contribution is 2.43. The molecule has 0 spiro atoms. The molecule has 0 aliphatic carbocycles. The first-order valence-corrected chi connectivity index (χ1v) is 8.95. The number of aliphatic hydroxyl groups is 1. The van der Waals surface area contributed by atoms with Crippen molar-refractivity contribution in [3.8, 4) is 22.6 Å². The van der Waals surface area contributed by atoms with Gasteiger partial charge in [0.2, 0.25) is 0 Å². The molecule has 5 heteroatoms. The van der Waals surface area contributed by atoms with E-state index in [2.05, 4.69) is 38.2 Å². The van der Waals surface area contributed by atoms with E-state index in [9.17, 15) is 5.11 Å². The molecule has 2 aromatic rings. The first-order valence-electron chi connectivity index (χ1n) is 8.95. The van der Waals surface area contributed by atoms with Crippen LogP contribution in [0.5, 0.6) is 11.5 Å². The summed E-state index contributed by atoms with van der Waals surface area (Å²) in [6.45, 7) is 6.44. The van der Waals surface area contributed by atoms with Crippen LogP contribution in [0, 0.1) is 0 Å². The Hall–Kier alpha value is -2.50. The molecule has 0 amide bonds. The SMILES string of the molecule is COCOc1ccc(OC)c(-c2ccc3c(c2CO)C(C)=CC(C)(C)N3)c1. The summed E-state index contributed by atoms with van der Waals surface area (Å²) in [7, 11) is 3.22. The van der Waals surface area contributed by atoms with Crippen LogP contribution in [-0.2, 0) is 11.3 Å². The van der Waals surface area contributed by atoms with Gasteiger partial charge in [-0.3, -0.25) is 0 Å². The number of fused-ring (bicyclic) bond motifs is 1. The van der Waals surface area contributed by atoms with E-state index < -0.39 is 0 Å². The van der Waals surface area contributed by atoms with Crippen LogP contribution in [0.4, 0.5) is 5.69 Å². The minimum absolute atomic E-state index is 0.0713. The summed E-state index contributed by atoms with van der Waals surface area (Å²) in [5.41, 5.74) is 5.74. The Bertz CT molecular complexity index is 871. The average molecular weight is 369 g/mol. The van der Waals surface area contributed by atoms with Gasteiger partial charge in [0.25, 0.3) is 0 Å². The van der Waals surface area contributed by atoms with Crippen molar-refractivity contribution in [3.05, 3.63) is 47.5 Å². The Balaban J connectivity index is 2.17. The number of methoxy groups -OCH3 is 2. The van der Waals surface area contributed by atoms with Crippen molar-refractivity contribution in [3.63, 3.8) is 0 Å². The number of anilines is 1. The summed E-state index contributed by atoms with van der Waals surface area (Å²) in [5.74, 6) is 1.40.